The predicted octanol–water partition coefficient (Wildman–Crippen LogP) is 2.71. The number of aromatic amines is 1. The lowest BCUT2D eigenvalue weighted by molar-refractivity contribution is 0.621. The fourth-order valence-corrected chi connectivity index (χ4v) is 2.00. The van der Waals surface area contributed by atoms with Crippen LogP contribution in [0, 0.1) is 16.3 Å². The van der Waals surface area contributed by atoms with Crippen LogP contribution in [-0.4, -0.2) is 10.2 Å². The second-order valence-electron chi connectivity index (χ2n) is 3.21. The third-order valence-electron chi connectivity index (χ3n) is 2.27. The Morgan fingerprint density at radius 2 is 2.20 bits per heavy atom. The summed E-state index contributed by atoms with van der Waals surface area (Å²) in [5.41, 5.74) is 8.04. The highest BCUT2D eigenvalue weighted by atomic mass is 127. The molecule has 1 heterocycles. The largest absolute Gasteiger partial charge is 0.382 e. The number of H-pyrrole nitrogens is 1. The second-order valence-corrected chi connectivity index (χ2v) is 4.29. The van der Waals surface area contributed by atoms with Gasteiger partial charge in [0, 0.05) is 11.1 Å². The fourth-order valence-electron chi connectivity index (χ4n) is 1.37. The van der Waals surface area contributed by atoms with Gasteiger partial charge in [-0.2, -0.15) is 5.10 Å². The van der Waals surface area contributed by atoms with Gasteiger partial charge in [-0.1, -0.05) is 12.1 Å². The van der Waals surface area contributed by atoms with Gasteiger partial charge in [0.1, 0.15) is 11.6 Å². The number of nitrogen functional groups attached to an aromatic ring is 1. The molecule has 2 rings (SSSR count). The monoisotopic (exact) mass is 317 g/mol. The topological polar surface area (TPSA) is 54.7 Å². The highest BCUT2D eigenvalue weighted by molar-refractivity contribution is 14.1. The lowest BCUT2D eigenvalue weighted by Crippen LogP contribution is -1.90. The van der Waals surface area contributed by atoms with Crippen LogP contribution in [0.5, 0.6) is 0 Å². The lowest BCUT2D eigenvalue weighted by atomic mass is 10.1. The molecule has 78 valence electrons. The Morgan fingerprint density at radius 3 is 2.80 bits per heavy atom. The fraction of sp³-hybridized carbons (Fsp3) is 0.100. The minimum Gasteiger partial charge on any atom is -0.382 e. The van der Waals surface area contributed by atoms with Crippen LogP contribution in [0.3, 0.4) is 0 Å². The summed E-state index contributed by atoms with van der Waals surface area (Å²) >= 11 is 1.97. The minimum atomic E-state index is -0.235. The van der Waals surface area contributed by atoms with Gasteiger partial charge in [-0.3, -0.25) is 5.10 Å². The third-order valence-corrected chi connectivity index (χ3v) is 3.36. The molecule has 0 saturated carbocycles. The summed E-state index contributed by atoms with van der Waals surface area (Å²) in [7, 11) is 0. The van der Waals surface area contributed by atoms with E-state index in [-0.39, 0.29) is 5.82 Å². The predicted molar refractivity (Wildman–Crippen MR) is 65.8 cm³/mol. The number of nitrogens with zero attached hydrogens (tertiary/aromatic N) is 1. The van der Waals surface area contributed by atoms with Gasteiger partial charge >= 0.3 is 0 Å². The van der Waals surface area contributed by atoms with E-state index in [4.69, 9.17) is 5.73 Å². The number of benzene rings is 1. The van der Waals surface area contributed by atoms with E-state index in [1.165, 1.54) is 6.07 Å². The van der Waals surface area contributed by atoms with E-state index in [0.29, 0.717) is 9.39 Å². The zero-order valence-corrected chi connectivity index (χ0v) is 10.2. The first kappa shape index (κ1) is 10.4. The first-order chi connectivity index (χ1) is 7.11. The SMILES string of the molecule is Cc1c(N)n[nH]c1-c1cccc(F)c1I. The number of aromatic nitrogens is 2. The molecule has 0 spiro atoms. The van der Waals surface area contributed by atoms with Gasteiger partial charge in [0.2, 0.25) is 0 Å². The molecule has 1 aromatic carbocycles. The van der Waals surface area contributed by atoms with Gasteiger partial charge in [-0.05, 0) is 35.6 Å². The van der Waals surface area contributed by atoms with Gasteiger partial charge in [-0.15, -0.1) is 0 Å². The zero-order valence-electron chi connectivity index (χ0n) is 8.01. The third kappa shape index (κ3) is 1.71. The molecule has 0 amide bonds. The minimum absolute atomic E-state index is 0.235. The maximum absolute atomic E-state index is 13.3. The normalized spacial score (nSPS) is 10.6. The lowest BCUT2D eigenvalue weighted by Gasteiger charge is -2.03. The van der Waals surface area contributed by atoms with Crippen molar-refractivity contribution < 1.29 is 4.39 Å². The Labute approximate surface area is 100 Å². The molecule has 0 unspecified atom stereocenters. The molecule has 0 bridgehead atoms. The number of rotatable bonds is 1. The Bertz CT molecular complexity index is 507. The van der Waals surface area contributed by atoms with Crippen molar-refractivity contribution in [2.75, 3.05) is 5.73 Å². The van der Waals surface area contributed by atoms with Crippen LogP contribution >= 0.6 is 22.6 Å². The van der Waals surface area contributed by atoms with E-state index < -0.39 is 0 Å². The van der Waals surface area contributed by atoms with Crippen LogP contribution < -0.4 is 5.73 Å². The molecule has 0 saturated heterocycles. The smallest absolute Gasteiger partial charge is 0.148 e. The van der Waals surface area contributed by atoms with Gasteiger partial charge < -0.3 is 5.73 Å². The van der Waals surface area contributed by atoms with Crippen molar-refractivity contribution in [2.45, 2.75) is 6.92 Å². The summed E-state index contributed by atoms with van der Waals surface area (Å²) < 4.78 is 13.9. The van der Waals surface area contributed by atoms with Crippen molar-refractivity contribution in [3.63, 3.8) is 0 Å². The average molecular weight is 317 g/mol. The van der Waals surface area contributed by atoms with E-state index in [9.17, 15) is 4.39 Å². The van der Waals surface area contributed by atoms with E-state index >= 15 is 0 Å². The van der Waals surface area contributed by atoms with E-state index in [2.05, 4.69) is 10.2 Å². The number of hydrogen-bond acceptors (Lipinski definition) is 2. The van der Waals surface area contributed by atoms with Crippen LogP contribution in [0.1, 0.15) is 5.56 Å². The maximum atomic E-state index is 13.3. The molecule has 3 nitrogen and oxygen atoms in total. The van der Waals surface area contributed by atoms with Crippen LogP contribution in [0.25, 0.3) is 11.3 Å². The molecule has 0 aliphatic carbocycles. The molecule has 0 aliphatic rings. The number of anilines is 1. The number of nitrogens with two attached hydrogens (primary N) is 1. The van der Waals surface area contributed by atoms with E-state index in [1.807, 2.05) is 35.6 Å². The van der Waals surface area contributed by atoms with Gasteiger partial charge in [0.05, 0.1) is 9.26 Å². The number of nitrogens with one attached hydrogen (secondary N) is 1. The maximum Gasteiger partial charge on any atom is 0.148 e. The van der Waals surface area contributed by atoms with Crippen LogP contribution in [-0.2, 0) is 0 Å². The van der Waals surface area contributed by atoms with Gasteiger partial charge in [0.25, 0.3) is 0 Å². The first-order valence-corrected chi connectivity index (χ1v) is 5.44. The van der Waals surface area contributed by atoms with Crippen molar-refractivity contribution in [1.29, 1.82) is 0 Å². The quantitative estimate of drug-likeness (QED) is 0.795. The Morgan fingerprint density at radius 1 is 1.47 bits per heavy atom. The molecule has 1 aromatic heterocycles. The molecule has 0 aliphatic heterocycles. The highest BCUT2D eigenvalue weighted by Gasteiger charge is 2.13. The number of halogens is 2. The second kappa shape index (κ2) is 3.80. The summed E-state index contributed by atoms with van der Waals surface area (Å²) in [5.74, 6) is 0.214. The van der Waals surface area contributed by atoms with Gasteiger partial charge in [0.15, 0.2) is 0 Å². The first-order valence-electron chi connectivity index (χ1n) is 4.36. The summed E-state index contributed by atoms with van der Waals surface area (Å²) in [5, 5.41) is 6.70. The summed E-state index contributed by atoms with van der Waals surface area (Å²) in [6.45, 7) is 1.86. The van der Waals surface area contributed by atoms with E-state index in [1.54, 1.807) is 6.07 Å². The molecular weight excluding hydrogens is 308 g/mol. The Kier molecular flexibility index (Phi) is 2.64. The van der Waals surface area contributed by atoms with Crippen molar-refractivity contribution >= 4 is 28.4 Å². The molecule has 3 N–H and O–H groups in total. The highest BCUT2D eigenvalue weighted by Crippen LogP contribution is 2.29. The molecule has 15 heavy (non-hydrogen) atoms. The standard InChI is InChI=1S/C10H9FIN3/c1-5-9(14-15-10(5)13)6-3-2-4-7(11)8(6)12/h2-4H,1H3,(H3,13,14,15). The van der Waals surface area contributed by atoms with Crippen molar-refractivity contribution in [1.82, 2.24) is 10.2 Å². The van der Waals surface area contributed by atoms with Crippen LogP contribution in [0.15, 0.2) is 18.2 Å². The average Bonchev–Trinajstić information content (AvgIpc) is 2.53. The Hall–Kier alpha value is -1.11. The van der Waals surface area contributed by atoms with Crippen molar-refractivity contribution in [3.05, 3.63) is 33.1 Å². The molecule has 0 atom stereocenters. The number of hydrogen-bond donors (Lipinski definition) is 2. The molecule has 5 heteroatoms. The van der Waals surface area contributed by atoms with Crippen molar-refractivity contribution in [2.24, 2.45) is 0 Å². The molecule has 0 fully saturated rings. The summed E-state index contributed by atoms with van der Waals surface area (Å²) in [4.78, 5) is 0. The van der Waals surface area contributed by atoms with Crippen molar-refractivity contribution in [3.8, 4) is 11.3 Å². The summed E-state index contributed by atoms with van der Waals surface area (Å²) in [6, 6.07) is 4.94. The summed E-state index contributed by atoms with van der Waals surface area (Å²) in [6.07, 6.45) is 0. The van der Waals surface area contributed by atoms with Crippen LogP contribution in [0.2, 0.25) is 0 Å². The Balaban J connectivity index is 2.64. The van der Waals surface area contributed by atoms with Crippen LogP contribution in [0.4, 0.5) is 10.2 Å². The zero-order chi connectivity index (χ0) is 11.0. The molecular formula is C10H9FIN3. The molecule has 0 radical (unpaired) electrons. The van der Waals surface area contributed by atoms with Gasteiger partial charge in [-0.25, -0.2) is 4.39 Å². The molecule has 2 aromatic rings. The van der Waals surface area contributed by atoms with E-state index in [0.717, 1.165) is 16.8 Å².